The van der Waals surface area contributed by atoms with Crippen LogP contribution < -0.4 is 0 Å². The van der Waals surface area contributed by atoms with E-state index >= 15 is 0 Å². The van der Waals surface area contributed by atoms with Crippen molar-refractivity contribution in [3.05, 3.63) is 56.0 Å². The van der Waals surface area contributed by atoms with Gasteiger partial charge in [0.1, 0.15) is 5.82 Å². The van der Waals surface area contributed by atoms with Crippen LogP contribution in [0.1, 0.15) is 27.0 Å². The summed E-state index contributed by atoms with van der Waals surface area (Å²) >= 11 is 7.36. The summed E-state index contributed by atoms with van der Waals surface area (Å²) in [6.45, 7) is 3.96. The zero-order valence-electron chi connectivity index (χ0n) is 10.2. The average molecular weight is 285 g/mol. The normalized spacial score (nSPS) is 12.7. The molecule has 0 saturated carbocycles. The van der Waals surface area contributed by atoms with Gasteiger partial charge >= 0.3 is 0 Å². The summed E-state index contributed by atoms with van der Waals surface area (Å²) in [5.41, 5.74) is 1.31. The molecule has 0 bridgehead atoms. The maximum atomic E-state index is 13.7. The third-order valence-electron chi connectivity index (χ3n) is 2.88. The van der Waals surface area contributed by atoms with Gasteiger partial charge in [0.25, 0.3) is 0 Å². The zero-order chi connectivity index (χ0) is 13.3. The molecule has 4 heteroatoms. The van der Waals surface area contributed by atoms with Crippen molar-refractivity contribution in [2.75, 3.05) is 0 Å². The Morgan fingerprint density at radius 3 is 2.72 bits per heavy atom. The Labute approximate surface area is 115 Å². The Bertz CT molecular complexity index is 565. The number of halogens is 2. The smallest absolute Gasteiger partial charge is 0.145 e. The standard InChI is InChI=1S/C14H14ClFOS/c1-8-6-11(9(2)18-8)13(17)7-10-4-3-5-12(15)14(10)16/h3-6,13,17H,7H2,1-2H3. The highest BCUT2D eigenvalue weighted by molar-refractivity contribution is 7.12. The van der Waals surface area contributed by atoms with Crippen molar-refractivity contribution in [1.29, 1.82) is 0 Å². The van der Waals surface area contributed by atoms with Gasteiger partial charge in [-0.05, 0) is 37.1 Å². The van der Waals surface area contributed by atoms with Gasteiger partial charge < -0.3 is 5.11 Å². The fourth-order valence-corrected chi connectivity index (χ4v) is 3.18. The molecule has 0 fully saturated rings. The number of hydrogen-bond acceptors (Lipinski definition) is 2. The lowest BCUT2D eigenvalue weighted by atomic mass is 10.0. The summed E-state index contributed by atoms with van der Waals surface area (Å²) in [5.74, 6) is -0.442. The maximum Gasteiger partial charge on any atom is 0.145 e. The molecule has 1 unspecified atom stereocenters. The van der Waals surface area contributed by atoms with E-state index in [0.29, 0.717) is 5.56 Å². The maximum absolute atomic E-state index is 13.7. The van der Waals surface area contributed by atoms with Crippen molar-refractivity contribution in [1.82, 2.24) is 0 Å². The summed E-state index contributed by atoms with van der Waals surface area (Å²) in [4.78, 5) is 2.22. The van der Waals surface area contributed by atoms with Gasteiger partial charge in [0, 0.05) is 16.2 Å². The number of benzene rings is 1. The van der Waals surface area contributed by atoms with Crippen LogP contribution in [-0.4, -0.2) is 5.11 Å². The molecule has 1 heterocycles. The van der Waals surface area contributed by atoms with E-state index in [4.69, 9.17) is 11.6 Å². The third-order valence-corrected chi connectivity index (χ3v) is 4.16. The highest BCUT2D eigenvalue weighted by atomic mass is 35.5. The van der Waals surface area contributed by atoms with Crippen LogP contribution in [-0.2, 0) is 6.42 Å². The number of rotatable bonds is 3. The van der Waals surface area contributed by atoms with Crippen LogP contribution in [0.5, 0.6) is 0 Å². The molecule has 2 aromatic rings. The van der Waals surface area contributed by atoms with Gasteiger partial charge in [0.15, 0.2) is 0 Å². The van der Waals surface area contributed by atoms with Crippen molar-refractivity contribution in [3.63, 3.8) is 0 Å². The van der Waals surface area contributed by atoms with E-state index in [0.717, 1.165) is 15.3 Å². The summed E-state index contributed by atoms with van der Waals surface area (Å²) in [5, 5.41) is 10.3. The molecule has 1 N–H and O–H groups in total. The van der Waals surface area contributed by atoms with Crippen molar-refractivity contribution >= 4 is 22.9 Å². The molecule has 0 amide bonds. The average Bonchev–Trinajstić information content (AvgIpc) is 2.64. The van der Waals surface area contributed by atoms with Gasteiger partial charge in [0.2, 0.25) is 0 Å². The molecule has 1 aromatic carbocycles. The molecule has 18 heavy (non-hydrogen) atoms. The second kappa shape index (κ2) is 5.39. The van der Waals surface area contributed by atoms with E-state index in [9.17, 15) is 9.50 Å². The number of aliphatic hydroxyl groups is 1. The molecule has 0 aliphatic carbocycles. The Balaban J connectivity index is 2.24. The van der Waals surface area contributed by atoms with E-state index < -0.39 is 11.9 Å². The van der Waals surface area contributed by atoms with E-state index in [1.54, 1.807) is 23.5 Å². The van der Waals surface area contributed by atoms with Gasteiger partial charge in [0.05, 0.1) is 11.1 Å². The molecule has 1 aromatic heterocycles. The van der Waals surface area contributed by atoms with Crippen LogP contribution in [0.15, 0.2) is 24.3 Å². The van der Waals surface area contributed by atoms with Crippen molar-refractivity contribution in [2.45, 2.75) is 26.4 Å². The van der Waals surface area contributed by atoms with Crippen molar-refractivity contribution in [3.8, 4) is 0 Å². The fourth-order valence-electron chi connectivity index (χ4n) is 2.01. The van der Waals surface area contributed by atoms with Crippen LogP contribution >= 0.6 is 22.9 Å². The van der Waals surface area contributed by atoms with Crippen molar-refractivity contribution in [2.24, 2.45) is 0 Å². The first kappa shape index (κ1) is 13.5. The molecule has 0 saturated heterocycles. The molecule has 96 valence electrons. The Morgan fingerprint density at radius 1 is 1.39 bits per heavy atom. The molecule has 0 spiro atoms. The molecule has 0 aliphatic rings. The van der Waals surface area contributed by atoms with Gasteiger partial charge in [-0.25, -0.2) is 4.39 Å². The van der Waals surface area contributed by atoms with Crippen LogP contribution in [0.4, 0.5) is 4.39 Å². The van der Waals surface area contributed by atoms with E-state index in [1.807, 2.05) is 19.9 Å². The quantitative estimate of drug-likeness (QED) is 0.884. The van der Waals surface area contributed by atoms with Crippen LogP contribution in [0.25, 0.3) is 0 Å². The van der Waals surface area contributed by atoms with Gasteiger partial charge in [-0.15, -0.1) is 11.3 Å². The minimum Gasteiger partial charge on any atom is -0.388 e. The molecular weight excluding hydrogens is 271 g/mol. The third kappa shape index (κ3) is 2.74. The fraction of sp³-hybridized carbons (Fsp3) is 0.286. The van der Waals surface area contributed by atoms with E-state index in [-0.39, 0.29) is 11.4 Å². The first-order valence-electron chi connectivity index (χ1n) is 5.67. The van der Waals surface area contributed by atoms with Crippen molar-refractivity contribution < 1.29 is 9.50 Å². The lowest BCUT2D eigenvalue weighted by molar-refractivity contribution is 0.177. The molecule has 1 nitrogen and oxygen atoms in total. The second-order valence-electron chi connectivity index (χ2n) is 4.30. The van der Waals surface area contributed by atoms with E-state index in [2.05, 4.69) is 0 Å². The molecule has 0 radical (unpaired) electrons. The zero-order valence-corrected chi connectivity index (χ0v) is 11.8. The number of aryl methyl sites for hydroxylation is 2. The minimum atomic E-state index is -0.692. The predicted molar refractivity (Wildman–Crippen MR) is 73.9 cm³/mol. The van der Waals surface area contributed by atoms with Crippen LogP contribution in [0, 0.1) is 19.7 Å². The molecule has 2 rings (SSSR count). The second-order valence-corrected chi connectivity index (χ2v) is 6.17. The highest BCUT2D eigenvalue weighted by Gasteiger charge is 2.16. The minimum absolute atomic E-state index is 0.0953. The Morgan fingerprint density at radius 2 is 2.11 bits per heavy atom. The summed E-state index contributed by atoms with van der Waals surface area (Å²) < 4.78 is 13.7. The highest BCUT2D eigenvalue weighted by Crippen LogP contribution is 2.29. The summed E-state index contributed by atoms with van der Waals surface area (Å²) in [7, 11) is 0. The SMILES string of the molecule is Cc1cc(C(O)Cc2cccc(Cl)c2F)c(C)s1. The lowest BCUT2D eigenvalue weighted by Crippen LogP contribution is -2.04. The first-order chi connectivity index (χ1) is 8.49. The Kier molecular flexibility index (Phi) is 4.05. The summed E-state index contributed by atoms with van der Waals surface area (Å²) in [6, 6.07) is 6.80. The first-order valence-corrected chi connectivity index (χ1v) is 6.86. The lowest BCUT2D eigenvalue weighted by Gasteiger charge is -2.11. The van der Waals surface area contributed by atoms with Crippen LogP contribution in [0.2, 0.25) is 5.02 Å². The summed E-state index contributed by atoms with van der Waals surface area (Å²) in [6.07, 6.45) is -0.452. The predicted octanol–water partition coefficient (Wildman–Crippen LogP) is 4.43. The van der Waals surface area contributed by atoms with Gasteiger partial charge in [-0.3, -0.25) is 0 Å². The molecular formula is C14H14ClFOS. The van der Waals surface area contributed by atoms with Gasteiger partial charge in [-0.1, -0.05) is 23.7 Å². The number of thiophene rings is 1. The van der Waals surface area contributed by atoms with E-state index in [1.165, 1.54) is 6.07 Å². The Hall–Kier alpha value is -0.900. The molecule has 0 aliphatic heterocycles. The largest absolute Gasteiger partial charge is 0.388 e. The van der Waals surface area contributed by atoms with Crippen LogP contribution in [0.3, 0.4) is 0 Å². The monoisotopic (exact) mass is 284 g/mol. The topological polar surface area (TPSA) is 20.2 Å². The number of aliphatic hydroxyl groups excluding tert-OH is 1. The van der Waals surface area contributed by atoms with Gasteiger partial charge in [-0.2, -0.15) is 0 Å². The molecule has 1 atom stereocenters. The number of hydrogen-bond donors (Lipinski definition) is 1.